The van der Waals surface area contributed by atoms with Crippen molar-refractivity contribution in [1.82, 2.24) is 4.90 Å². The molecule has 2 aliphatic rings. The van der Waals surface area contributed by atoms with Crippen LogP contribution in [0.15, 0.2) is 0 Å². The molecule has 3 heteroatoms. The minimum Gasteiger partial charge on any atom is -0.342 e. The van der Waals surface area contributed by atoms with Gasteiger partial charge < -0.3 is 4.90 Å². The largest absolute Gasteiger partial charge is 0.342 e. The molecule has 1 aliphatic carbocycles. The molecule has 2 rings (SSSR count). The zero-order valence-corrected chi connectivity index (χ0v) is 11.3. The molecule has 0 spiro atoms. The van der Waals surface area contributed by atoms with Gasteiger partial charge in [-0.1, -0.05) is 27.7 Å². The van der Waals surface area contributed by atoms with Gasteiger partial charge in [0.05, 0.1) is 6.07 Å². The highest BCUT2D eigenvalue weighted by atomic mass is 16.2. The normalized spacial score (nSPS) is 27.6. The van der Waals surface area contributed by atoms with Crippen molar-refractivity contribution in [2.45, 2.75) is 40.5 Å². The minimum absolute atomic E-state index is 0.121. The average Bonchev–Trinajstić information content (AvgIpc) is 2.69. The van der Waals surface area contributed by atoms with E-state index in [1.165, 1.54) is 0 Å². The third-order valence-corrected chi connectivity index (χ3v) is 5.26. The molecular formula is C14H22N2O. The second-order valence-corrected chi connectivity index (χ2v) is 6.61. The number of carbonyl (C=O) groups excluding carboxylic acids is 1. The Morgan fingerprint density at radius 1 is 1.18 bits per heavy atom. The Bertz CT molecular complexity index is 356. The first kappa shape index (κ1) is 12.4. The number of rotatable bonds is 1. The number of hydrogen-bond acceptors (Lipinski definition) is 2. The summed E-state index contributed by atoms with van der Waals surface area (Å²) in [6.45, 7) is 10.2. The Morgan fingerprint density at radius 2 is 1.65 bits per heavy atom. The van der Waals surface area contributed by atoms with Crippen LogP contribution >= 0.6 is 0 Å². The number of nitriles is 1. The summed E-state index contributed by atoms with van der Waals surface area (Å²) in [6, 6.07) is 2.30. The van der Waals surface area contributed by atoms with Crippen molar-refractivity contribution >= 4 is 5.91 Å². The van der Waals surface area contributed by atoms with E-state index in [1.807, 2.05) is 4.90 Å². The minimum atomic E-state index is 0.121. The van der Waals surface area contributed by atoms with Crippen LogP contribution in [-0.2, 0) is 4.79 Å². The fourth-order valence-electron chi connectivity index (χ4n) is 3.23. The maximum absolute atomic E-state index is 12.4. The van der Waals surface area contributed by atoms with E-state index in [9.17, 15) is 4.79 Å². The van der Waals surface area contributed by atoms with Gasteiger partial charge in [-0.05, 0) is 23.7 Å². The number of hydrogen-bond donors (Lipinski definition) is 0. The third-order valence-electron chi connectivity index (χ3n) is 5.26. The lowest BCUT2D eigenvalue weighted by Crippen LogP contribution is -2.40. The summed E-state index contributed by atoms with van der Waals surface area (Å²) in [5.41, 5.74) is 0.242. The smallest absolute Gasteiger partial charge is 0.226 e. The van der Waals surface area contributed by atoms with Crippen LogP contribution in [0.2, 0.25) is 0 Å². The SMILES string of the molecule is CC1(C)C(C(=O)N2CCC(C#N)CC2)C1(C)C. The molecule has 3 nitrogen and oxygen atoms in total. The fraction of sp³-hybridized carbons (Fsp3) is 0.857. The molecule has 2 fully saturated rings. The zero-order chi connectivity index (χ0) is 12.8. The predicted octanol–water partition coefficient (Wildman–Crippen LogP) is 2.43. The first-order valence-corrected chi connectivity index (χ1v) is 6.50. The van der Waals surface area contributed by atoms with E-state index in [0.717, 1.165) is 25.9 Å². The van der Waals surface area contributed by atoms with Crippen LogP contribution in [0.3, 0.4) is 0 Å². The first-order chi connectivity index (χ1) is 7.82. The van der Waals surface area contributed by atoms with Gasteiger partial charge in [0, 0.05) is 24.9 Å². The number of amides is 1. The highest BCUT2D eigenvalue weighted by molar-refractivity contribution is 5.84. The topological polar surface area (TPSA) is 44.1 Å². The van der Waals surface area contributed by atoms with Crippen molar-refractivity contribution in [1.29, 1.82) is 5.26 Å². The number of piperidine rings is 1. The van der Waals surface area contributed by atoms with Gasteiger partial charge in [-0.15, -0.1) is 0 Å². The molecule has 1 heterocycles. The molecule has 0 unspecified atom stereocenters. The van der Waals surface area contributed by atoms with Gasteiger partial charge in [0.2, 0.25) is 5.91 Å². The van der Waals surface area contributed by atoms with Gasteiger partial charge in [-0.25, -0.2) is 0 Å². The molecule has 0 aromatic carbocycles. The lowest BCUT2D eigenvalue weighted by molar-refractivity contribution is -0.135. The van der Waals surface area contributed by atoms with Gasteiger partial charge in [-0.3, -0.25) is 4.79 Å². The van der Waals surface area contributed by atoms with Gasteiger partial charge >= 0.3 is 0 Å². The van der Waals surface area contributed by atoms with E-state index >= 15 is 0 Å². The molecule has 1 saturated carbocycles. The molecule has 94 valence electrons. The zero-order valence-electron chi connectivity index (χ0n) is 11.3. The van der Waals surface area contributed by atoms with Gasteiger partial charge in [0.25, 0.3) is 0 Å². The standard InChI is InChI=1S/C14H22N2O/c1-13(2)11(14(13,3)4)12(17)16-7-5-10(9-15)6-8-16/h10-11H,5-8H2,1-4H3. The van der Waals surface area contributed by atoms with Crippen LogP contribution < -0.4 is 0 Å². The molecular weight excluding hydrogens is 212 g/mol. The Kier molecular flexibility index (Phi) is 2.72. The van der Waals surface area contributed by atoms with Gasteiger partial charge in [0.1, 0.15) is 0 Å². The van der Waals surface area contributed by atoms with Crippen LogP contribution in [-0.4, -0.2) is 23.9 Å². The monoisotopic (exact) mass is 234 g/mol. The van der Waals surface area contributed by atoms with Crippen molar-refractivity contribution in [2.24, 2.45) is 22.7 Å². The molecule has 17 heavy (non-hydrogen) atoms. The van der Waals surface area contributed by atoms with E-state index in [1.54, 1.807) is 0 Å². The lowest BCUT2D eigenvalue weighted by atomic mass is 9.98. The van der Waals surface area contributed by atoms with Crippen molar-refractivity contribution in [3.05, 3.63) is 0 Å². The van der Waals surface area contributed by atoms with E-state index < -0.39 is 0 Å². The molecule has 1 aliphatic heterocycles. The molecule has 1 saturated heterocycles. The maximum atomic E-state index is 12.4. The molecule has 1 amide bonds. The predicted molar refractivity (Wildman–Crippen MR) is 66.0 cm³/mol. The molecule has 0 bridgehead atoms. The second-order valence-electron chi connectivity index (χ2n) is 6.61. The molecule has 0 aromatic rings. The van der Waals surface area contributed by atoms with Crippen molar-refractivity contribution in [2.75, 3.05) is 13.1 Å². The number of carbonyl (C=O) groups is 1. The van der Waals surface area contributed by atoms with Gasteiger partial charge in [0.15, 0.2) is 0 Å². The Hall–Kier alpha value is -1.04. The summed E-state index contributed by atoms with van der Waals surface area (Å²) in [6.07, 6.45) is 1.69. The Morgan fingerprint density at radius 3 is 2.00 bits per heavy atom. The van der Waals surface area contributed by atoms with Crippen LogP contribution in [0.25, 0.3) is 0 Å². The molecule has 0 N–H and O–H groups in total. The van der Waals surface area contributed by atoms with Crippen LogP contribution in [0.1, 0.15) is 40.5 Å². The Balaban J connectivity index is 1.98. The Labute approximate surface area is 104 Å². The maximum Gasteiger partial charge on any atom is 0.226 e. The summed E-state index contributed by atoms with van der Waals surface area (Å²) >= 11 is 0. The number of nitrogens with zero attached hydrogens (tertiary/aromatic N) is 2. The fourth-order valence-corrected chi connectivity index (χ4v) is 3.23. The summed E-state index contributed by atoms with van der Waals surface area (Å²) in [5, 5.41) is 8.85. The summed E-state index contributed by atoms with van der Waals surface area (Å²) < 4.78 is 0. The highest BCUT2D eigenvalue weighted by Crippen LogP contribution is 2.68. The molecule has 0 aromatic heterocycles. The van der Waals surface area contributed by atoms with E-state index in [0.29, 0.717) is 5.91 Å². The summed E-state index contributed by atoms with van der Waals surface area (Å²) in [5.74, 6) is 0.615. The van der Waals surface area contributed by atoms with Crippen LogP contribution in [0, 0.1) is 34.0 Å². The van der Waals surface area contributed by atoms with Gasteiger partial charge in [-0.2, -0.15) is 5.26 Å². The second kappa shape index (κ2) is 3.73. The van der Waals surface area contributed by atoms with E-state index in [-0.39, 0.29) is 22.7 Å². The summed E-state index contributed by atoms with van der Waals surface area (Å²) in [4.78, 5) is 14.4. The van der Waals surface area contributed by atoms with Crippen molar-refractivity contribution < 1.29 is 4.79 Å². The van der Waals surface area contributed by atoms with E-state index in [2.05, 4.69) is 33.8 Å². The lowest BCUT2D eigenvalue weighted by Gasteiger charge is -2.30. The quantitative estimate of drug-likeness (QED) is 0.699. The summed E-state index contributed by atoms with van der Waals surface area (Å²) in [7, 11) is 0. The average molecular weight is 234 g/mol. The highest BCUT2D eigenvalue weighted by Gasteiger charge is 2.68. The first-order valence-electron chi connectivity index (χ1n) is 6.50. The van der Waals surface area contributed by atoms with Crippen molar-refractivity contribution in [3.8, 4) is 6.07 Å². The van der Waals surface area contributed by atoms with Crippen molar-refractivity contribution in [3.63, 3.8) is 0 Å². The van der Waals surface area contributed by atoms with E-state index in [4.69, 9.17) is 5.26 Å². The molecule has 0 atom stereocenters. The van der Waals surface area contributed by atoms with Crippen LogP contribution in [0.5, 0.6) is 0 Å². The molecule has 0 radical (unpaired) electrons. The third kappa shape index (κ3) is 1.74. The van der Waals surface area contributed by atoms with Crippen LogP contribution in [0.4, 0.5) is 0 Å². The number of likely N-dealkylation sites (tertiary alicyclic amines) is 1.